The van der Waals surface area contributed by atoms with Crippen LogP contribution in [-0.4, -0.2) is 20.7 Å². The SMILES string of the molecule is O=C(NCc1ccco1)c1cccc(CSc2nnc(-c3ccco3)n2-c2ccccc2)c1. The Hall–Kier alpha value is -4.04. The monoisotopic (exact) mass is 456 g/mol. The molecule has 164 valence electrons. The summed E-state index contributed by atoms with van der Waals surface area (Å²) in [5, 5.41) is 12.4. The molecule has 0 atom stereocenters. The number of para-hydroxylation sites is 1. The number of amides is 1. The van der Waals surface area contributed by atoms with Gasteiger partial charge in [0.05, 0.1) is 19.1 Å². The molecule has 0 radical (unpaired) electrons. The van der Waals surface area contributed by atoms with E-state index in [1.165, 1.54) is 0 Å². The maximum atomic E-state index is 12.5. The third-order valence-corrected chi connectivity index (χ3v) is 5.95. The van der Waals surface area contributed by atoms with Crippen LogP contribution < -0.4 is 5.32 Å². The van der Waals surface area contributed by atoms with E-state index in [-0.39, 0.29) is 5.91 Å². The zero-order valence-corrected chi connectivity index (χ0v) is 18.4. The molecule has 33 heavy (non-hydrogen) atoms. The van der Waals surface area contributed by atoms with Crippen LogP contribution in [0.2, 0.25) is 0 Å². The number of hydrogen-bond donors (Lipinski definition) is 1. The second-order valence-electron chi connectivity index (χ2n) is 7.21. The van der Waals surface area contributed by atoms with Crippen LogP contribution in [0.5, 0.6) is 0 Å². The van der Waals surface area contributed by atoms with Gasteiger partial charge in [-0.1, -0.05) is 42.1 Å². The number of hydrogen-bond acceptors (Lipinski definition) is 6. The zero-order chi connectivity index (χ0) is 22.5. The predicted molar refractivity (Wildman–Crippen MR) is 125 cm³/mol. The Kier molecular flexibility index (Phi) is 6.08. The number of carbonyl (C=O) groups is 1. The van der Waals surface area contributed by atoms with Crippen molar-refractivity contribution in [2.24, 2.45) is 0 Å². The summed E-state index contributed by atoms with van der Waals surface area (Å²) in [4.78, 5) is 12.5. The van der Waals surface area contributed by atoms with Crippen LogP contribution >= 0.6 is 11.8 Å². The smallest absolute Gasteiger partial charge is 0.251 e. The molecule has 0 aliphatic carbocycles. The Morgan fingerprint density at radius 2 is 1.76 bits per heavy atom. The largest absolute Gasteiger partial charge is 0.467 e. The quantitative estimate of drug-likeness (QED) is 0.317. The fourth-order valence-corrected chi connectivity index (χ4v) is 4.27. The van der Waals surface area contributed by atoms with Gasteiger partial charge in [0.25, 0.3) is 5.91 Å². The van der Waals surface area contributed by atoms with E-state index >= 15 is 0 Å². The third-order valence-electron chi connectivity index (χ3n) is 4.95. The first-order valence-electron chi connectivity index (χ1n) is 10.3. The molecular weight excluding hydrogens is 436 g/mol. The average molecular weight is 457 g/mol. The minimum absolute atomic E-state index is 0.147. The van der Waals surface area contributed by atoms with Crippen molar-refractivity contribution in [3.63, 3.8) is 0 Å². The van der Waals surface area contributed by atoms with Gasteiger partial charge in [0, 0.05) is 17.0 Å². The van der Waals surface area contributed by atoms with Gasteiger partial charge in [-0.15, -0.1) is 10.2 Å². The maximum Gasteiger partial charge on any atom is 0.251 e. The molecule has 2 aromatic carbocycles. The van der Waals surface area contributed by atoms with E-state index in [0.717, 1.165) is 16.4 Å². The number of carbonyl (C=O) groups excluding carboxylic acids is 1. The number of rotatable bonds is 8. The standard InChI is InChI=1S/C25H20N4O3S/c30-24(26-16-21-11-5-13-31-21)19-8-4-7-18(15-19)17-33-25-28-27-23(22-12-6-14-32-22)29(25)20-9-2-1-3-10-20/h1-15H,16-17H2,(H,26,30). The molecule has 0 aliphatic rings. The summed E-state index contributed by atoms with van der Waals surface area (Å²) in [5.74, 6) is 2.48. The van der Waals surface area contributed by atoms with Crippen LogP contribution in [0.1, 0.15) is 21.7 Å². The van der Waals surface area contributed by atoms with Crippen LogP contribution in [0, 0.1) is 0 Å². The summed E-state index contributed by atoms with van der Waals surface area (Å²) in [5.41, 5.74) is 2.55. The van der Waals surface area contributed by atoms with Gasteiger partial charge in [0.15, 0.2) is 10.9 Å². The molecule has 8 heteroatoms. The highest BCUT2D eigenvalue weighted by Gasteiger charge is 2.18. The Bertz CT molecular complexity index is 1330. The predicted octanol–water partition coefficient (Wildman–Crippen LogP) is 5.34. The number of aromatic nitrogens is 3. The molecule has 0 fully saturated rings. The van der Waals surface area contributed by atoms with Gasteiger partial charge in [0.2, 0.25) is 5.82 Å². The Morgan fingerprint density at radius 1 is 0.909 bits per heavy atom. The maximum absolute atomic E-state index is 12.5. The first-order valence-corrected chi connectivity index (χ1v) is 11.3. The van der Waals surface area contributed by atoms with Crippen molar-refractivity contribution in [2.45, 2.75) is 17.5 Å². The van der Waals surface area contributed by atoms with E-state index in [1.807, 2.05) is 71.3 Å². The molecule has 0 spiro atoms. The van der Waals surface area contributed by atoms with E-state index in [9.17, 15) is 4.79 Å². The van der Waals surface area contributed by atoms with Crippen molar-refractivity contribution in [2.75, 3.05) is 0 Å². The lowest BCUT2D eigenvalue weighted by Gasteiger charge is -2.09. The summed E-state index contributed by atoms with van der Waals surface area (Å²) in [6.45, 7) is 0.348. The number of nitrogens with zero attached hydrogens (tertiary/aromatic N) is 3. The van der Waals surface area contributed by atoms with Crippen molar-refractivity contribution in [1.82, 2.24) is 20.1 Å². The van der Waals surface area contributed by atoms with Crippen molar-refractivity contribution in [3.05, 3.63) is 108 Å². The molecule has 0 unspecified atom stereocenters. The molecule has 3 aromatic heterocycles. The summed E-state index contributed by atoms with van der Waals surface area (Å²) < 4.78 is 12.8. The summed E-state index contributed by atoms with van der Waals surface area (Å²) in [6.07, 6.45) is 3.21. The van der Waals surface area contributed by atoms with Crippen molar-refractivity contribution >= 4 is 17.7 Å². The fourth-order valence-electron chi connectivity index (χ4n) is 3.37. The van der Waals surface area contributed by atoms with E-state index in [2.05, 4.69) is 15.5 Å². The van der Waals surface area contributed by atoms with Crippen LogP contribution in [0.25, 0.3) is 17.3 Å². The second kappa shape index (κ2) is 9.62. The Morgan fingerprint density at radius 3 is 2.55 bits per heavy atom. The highest BCUT2D eigenvalue weighted by Crippen LogP contribution is 2.30. The number of furan rings is 2. The minimum atomic E-state index is -0.147. The van der Waals surface area contributed by atoms with Crippen LogP contribution in [0.15, 0.2) is 105 Å². The highest BCUT2D eigenvalue weighted by molar-refractivity contribution is 7.98. The fraction of sp³-hybridized carbons (Fsp3) is 0.0800. The van der Waals surface area contributed by atoms with Gasteiger partial charge in [-0.05, 0) is 54.1 Å². The second-order valence-corrected chi connectivity index (χ2v) is 8.15. The van der Waals surface area contributed by atoms with Crippen molar-refractivity contribution < 1.29 is 13.6 Å². The molecule has 1 amide bonds. The highest BCUT2D eigenvalue weighted by atomic mass is 32.2. The first kappa shape index (κ1) is 20.8. The average Bonchev–Trinajstić information content (AvgIpc) is 3.63. The van der Waals surface area contributed by atoms with E-state index in [1.54, 1.807) is 36.4 Å². The van der Waals surface area contributed by atoms with Gasteiger partial charge in [0.1, 0.15) is 5.76 Å². The van der Waals surface area contributed by atoms with Gasteiger partial charge in [-0.3, -0.25) is 9.36 Å². The van der Waals surface area contributed by atoms with Crippen molar-refractivity contribution in [3.8, 4) is 17.3 Å². The van der Waals surface area contributed by atoms with Gasteiger partial charge < -0.3 is 14.2 Å². The normalized spacial score (nSPS) is 10.9. The van der Waals surface area contributed by atoms with E-state index in [4.69, 9.17) is 8.83 Å². The molecule has 7 nitrogen and oxygen atoms in total. The summed E-state index contributed by atoms with van der Waals surface area (Å²) in [7, 11) is 0. The lowest BCUT2D eigenvalue weighted by atomic mass is 10.1. The summed E-state index contributed by atoms with van der Waals surface area (Å²) in [6, 6.07) is 24.8. The lowest BCUT2D eigenvalue weighted by Crippen LogP contribution is -2.22. The number of thioether (sulfide) groups is 1. The van der Waals surface area contributed by atoms with Crippen LogP contribution in [0.3, 0.4) is 0 Å². The minimum Gasteiger partial charge on any atom is -0.467 e. The molecule has 0 saturated carbocycles. The molecule has 0 saturated heterocycles. The van der Waals surface area contributed by atoms with Gasteiger partial charge in [-0.25, -0.2) is 0 Å². The molecule has 3 heterocycles. The van der Waals surface area contributed by atoms with Gasteiger partial charge >= 0.3 is 0 Å². The van der Waals surface area contributed by atoms with Crippen LogP contribution in [0.4, 0.5) is 0 Å². The zero-order valence-electron chi connectivity index (χ0n) is 17.5. The molecule has 0 bridgehead atoms. The Labute approximate surface area is 194 Å². The van der Waals surface area contributed by atoms with E-state index < -0.39 is 0 Å². The van der Waals surface area contributed by atoms with E-state index in [0.29, 0.717) is 35.2 Å². The van der Waals surface area contributed by atoms with Gasteiger partial charge in [-0.2, -0.15) is 0 Å². The summed E-state index contributed by atoms with van der Waals surface area (Å²) >= 11 is 1.55. The lowest BCUT2D eigenvalue weighted by molar-refractivity contribution is 0.0948. The van der Waals surface area contributed by atoms with Crippen LogP contribution in [-0.2, 0) is 12.3 Å². The molecule has 0 aliphatic heterocycles. The number of nitrogens with one attached hydrogen (secondary N) is 1. The molecule has 5 aromatic rings. The first-order chi connectivity index (χ1) is 16.3. The molecule has 1 N–H and O–H groups in total. The molecular formula is C25H20N4O3S. The molecule has 5 rings (SSSR count). The Balaban J connectivity index is 1.34. The number of benzene rings is 2. The topological polar surface area (TPSA) is 86.1 Å². The van der Waals surface area contributed by atoms with Crippen molar-refractivity contribution in [1.29, 1.82) is 0 Å². The third kappa shape index (κ3) is 4.75.